The van der Waals surface area contributed by atoms with E-state index in [0.717, 1.165) is 12.1 Å². The van der Waals surface area contributed by atoms with Gasteiger partial charge in [-0.3, -0.25) is 10.1 Å². The lowest BCUT2D eigenvalue weighted by atomic mass is 10.1. The maximum Gasteiger partial charge on any atom is 0.342 e. The number of benzene rings is 2. The Labute approximate surface area is 119 Å². The fourth-order valence-electron chi connectivity index (χ4n) is 1.84. The predicted octanol–water partition coefficient (Wildman–Crippen LogP) is 3.48. The van der Waals surface area contributed by atoms with Gasteiger partial charge in [0.25, 0.3) is 5.69 Å². The number of hydrogen-bond acceptors (Lipinski definition) is 4. The van der Waals surface area contributed by atoms with Crippen molar-refractivity contribution in [2.24, 2.45) is 0 Å². The van der Waals surface area contributed by atoms with Crippen LogP contribution >= 0.6 is 0 Å². The SMILES string of the molecule is Cc1c(F)cccc1Nc1ccc(C(=O)O)c([N+](=O)[O-])c1. The number of carboxylic acid groups (broad SMARTS) is 1. The predicted molar refractivity (Wildman–Crippen MR) is 74.5 cm³/mol. The zero-order valence-electron chi connectivity index (χ0n) is 11.0. The van der Waals surface area contributed by atoms with E-state index in [1.165, 1.54) is 18.2 Å². The van der Waals surface area contributed by atoms with E-state index >= 15 is 0 Å². The van der Waals surface area contributed by atoms with Crippen LogP contribution in [0.5, 0.6) is 0 Å². The maximum absolute atomic E-state index is 13.4. The van der Waals surface area contributed by atoms with Crippen molar-refractivity contribution >= 4 is 23.0 Å². The third-order valence-electron chi connectivity index (χ3n) is 2.97. The van der Waals surface area contributed by atoms with Crippen LogP contribution < -0.4 is 5.32 Å². The number of rotatable bonds is 4. The highest BCUT2D eigenvalue weighted by Gasteiger charge is 2.20. The van der Waals surface area contributed by atoms with Crippen molar-refractivity contribution in [3.8, 4) is 0 Å². The molecule has 2 aromatic rings. The molecule has 0 atom stereocenters. The summed E-state index contributed by atoms with van der Waals surface area (Å²) in [6.07, 6.45) is 0. The molecule has 0 unspecified atom stereocenters. The fourth-order valence-corrected chi connectivity index (χ4v) is 1.84. The van der Waals surface area contributed by atoms with Gasteiger partial charge in [0.05, 0.1) is 4.92 Å². The Hall–Kier alpha value is -2.96. The molecule has 0 fully saturated rings. The summed E-state index contributed by atoms with van der Waals surface area (Å²) < 4.78 is 13.4. The van der Waals surface area contributed by atoms with E-state index in [9.17, 15) is 19.3 Å². The Morgan fingerprint density at radius 2 is 2.05 bits per heavy atom. The fraction of sp³-hybridized carbons (Fsp3) is 0.0714. The topological polar surface area (TPSA) is 92.5 Å². The molecule has 0 saturated carbocycles. The third-order valence-corrected chi connectivity index (χ3v) is 2.97. The molecular weight excluding hydrogens is 279 g/mol. The molecule has 0 aromatic heterocycles. The smallest absolute Gasteiger partial charge is 0.342 e. The second-order valence-electron chi connectivity index (χ2n) is 4.33. The number of nitrogens with zero attached hydrogens (tertiary/aromatic N) is 1. The first kappa shape index (κ1) is 14.4. The Kier molecular flexibility index (Phi) is 3.84. The van der Waals surface area contributed by atoms with Crippen molar-refractivity contribution in [3.63, 3.8) is 0 Å². The lowest BCUT2D eigenvalue weighted by Gasteiger charge is -2.10. The molecular formula is C14H11FN2O4. The highest BCUT2D eigenvalue weighted by molar-refractivity contribution is 5.93. The van der Waals surface area contributed by atoms with Crippen LogP contribution in [0.25, 0.3) is 0 Å². The number of carbonyl (C=O) groups is 1. The van der Waals surface area contributed by atoms with E-state index < -0.39 is 28.0 Å². The molecule has 0 saturated heterocycles. The molecule has 108 valence electrons. The van der Waals surface area contributed by atoms with Gasteiger partial charge in [0, 0.05) is 23.0 Å². The molecule has 2 N–H and O–H groups in total. The maximum atomic E-state index is 13.4. The Morgan fingerprint density at radius 1 is 1.33 bits per heavy atom. The molecule has 0 aliphatic carbocycles. The average molecular weight is 290 g/mol. The number of nitro benzene ring substituents is 1. The molecule has 0 radical (unpaired) electrons. The van der Waals surface area contributed by atoms with E-state index in [1.807, 2.05) is 0 Å². The van der Waals surface area contributed by atoms with E-state index in [0.29, 0.717) is 16.9 Å². The van der Waals surface area contributed by atoms with Gasteiger partial charge in [0.15, 0.2) is 0 Å². The van der Waals surface area contributed by atoms with E-state index in [-0.39, 0.29) is 0 Å². The van der Waals surface area contributed by atoms with Gasteiger partial charge in [-0.15, -0.1) is 0 Å². The van der Waals surface area contributed by atoms with Crippen molar-refractivity contribution in [2.75, 3.05) is 5.32 Å². The van der Waals surface area contributed by atoms with Crippen LogP contribution in [0.4, 0.5) is 21.5 Å². The average Bonchev–Trinajstić information content (AvgIpc) is 2.43. The molecule has 0 aliphatic rings. The van der Waals surface area contributed by atoms with E-state index in [2.05, 4.69) is 5.32 Å². The second-order valence-corrected chi connectivity index (χ2v) is 4.33. The van der Waals surface area contributed by atoms with Gasteiger partial charge in [0.2, 0.25) is 0 Å². The molecule has 0 bridgehead atoms. The van der Waals surface area contributed by atoms with Crippen molar-refractivity contribution in [1.29, 1.82) is 0 Å². The van der Waals surface area contributed by atoms with Gasteiger partial charge < -0.3 is 10.4 Å². The quantitative estimate of drug-likeness (QED) is 0.664. The summed E-state index contributed by atoms with van der Waals surface area (Å²) in [6.45, 7) is 1.57. The monoisotopic (exact) mass is 290 g/mol. The van der Waals surface area contributed by atoms with E-state index in [1.54, 1.807) is 13.0 Å². The summed E-state index contributed by atoms with van der Waals surface area (Å²) in [7, 11) is 0. The minimum absolute atomic E-state index is 0.306. The first-order valence-electron chi connectivity index (χ1n) is 5.94. The standard InChI is InChI=1S/C14H11FN2O4/c1-8-11(15)3-2-4-12(8)16-9-5-6-10(14(18)19)13(7-9)17(20)21/h2-7,16H,1H3,(H,18,19). The summed E-state index contributed by atoms with van der Waals surface area (Å²) in [5.41, 5.74) is 0.193. The summed E-state index contributed by atoms with van der Waals surface area (Å²) in [5, 5.41) is 22.6. The normalized spacial score (nSPS) is 10.2. The molecule has 2 rings (SSSR count). The molecule has 0 aliphatic heterocycles. The van der Waals surface area contributed by atoms with Crippen LogP contribution in [-0.4, -0.2) is 16.0 Å². The zero-order chi connectivity index (χ0) is 15.6. The van der Waals surface area contributed by atoms with Gasteiger partial charge in [-0.2, -0.15) is 0 Å². The van der Waals surface area contributed by atoms with Gasteiger partial charge in [-0.25, -0.2) is 9.18 Å². The van der Waals surface area contributed by atoms with E-state index in [4.69, 9.17) is 5.11 Å². The van der Waals surface area contributed by atoms with Crippen LogP contribution in [0.2, 0.25) is 0 Å². The Balaban J connectivity index is 2.42. The number of hydrogen-bond donors (Lipinski definition) is 2. The number of nitrogens with one attached hydrogen (secondary N) is 1. The zero-order valence-corrected chi connectivity index (χ0v) is 11.0. The van der Waals surface area contributed by atoms with Crippen LogP contribution in [0.15, 0.2) is 36.4 Å². The number of nitro groups is 1. The van der Waals surface area contributed by atoms with Crippen molar-refractivity contribution in [2.45, 2.75) is 6.92 Å². The van der Waals surface area contributed by atoms with Gasteiger partial charge >= 0.3 is 5.97 Å². The highest BCUT2D eigenvalue weighted by Crippen LogP contribution is 2.27. The Bertz CT molecular complexity index is 731. The highest BCUT2D eigenvalue weighted by atomic mass is 19.1. The molecule has 7 heteroatoms. The van der Waals surface area contributed by atoms with Crippen molar-refractivity contribution in [3.05, 3.63) is 63.5 Å². The molecule has 6 nitrogen and oxygen atoms in total. The van der Waals surface area contributed by atoms with Crippen LogP contribution in [0.3, 0.4) is 0 Å². The van der Waals surface area contributed by atoms with Gasteiger partial charge in [0.1, 0.15) is 11.4 Å². The summed E-state index contributed by atoms with van der Waals surface area (Å²) in [5.74, 6) is -1.79. The minimum atomic E-state index is -1.38. The molecule has 0 heterocycles. The minimum Gasteiger partial charge on any atom is -0.477 e. The number of aromatic carboxylic acids is 1. The largest absolute Gasteiger partial charge is 0.477 e. The lowest BCUT2D eigenvalue weighted by molar-refractivity contribution is -0.385. The second kappa shape index (κ2) is 5.58. The summed E-state index contributed by atoms with van der Waals surface area (Å²) >= 11 is 0. The molecule has 2 aromatic carbocycles. The molecule has 0 spiro atoms. The van der Waals surface area contributed by atoms with Crippen LogP contribution in [0, 0.1) is 22.9 Å². The Morgan fingerprint density at radius 3 is 2.67 bits per heavy atom. The van der Waals surface area contributed by atoms with Crippen molar-refractivity contribution in [1.82, 2.24) is 0 Å². The first-order valence-corrected chi connectivity index (χ1v) is 5.94. The van der Waals surface area contributed by atoms with Crippen LogP contribution in [-0.2, 0) is 0 Å². The lowest BCUT2D eigenvalue weighted by Crippen LogP contribution is -2.04. The summed E-state index contributed by atoms with van der Waals surface area (Å²) in [4.78, 5) is 21.1. The number of halogens is 1. The first-order chi connectivity index (χ1) is 9.90. The molecule has 0 amide bonds. The number of carboxylic acids is 1. The van der Waals surface area contributed by atoms with Crippen LogP contribution in [0.1, 0.15) is 15.9 Å². The third kappa shape index (κ3) is 2.97. The van der Waals surface area contributed by atoms with Crippen molar-refractivity contribution < 1.29 is 19.2 Å². The number of anilines is 2. The molecule has 21 heavy (non-hydrogen) atoms. The summed E-state index contributed by atoms with van der Waals surface area (Å²) in [6, 6.07) is 8.06. The van der Waals surface area contributed by atoms with Gasteiger partial charge in [-0.1, -0.05) is 6.07 Å². The van der Waals surface area contributed by atoms with Gasteiger partial charge in [-0.05, 0) is 31.2 Å².